The predicted octanol–water partition coefficient (Wildman–Crippen LogP) is 3.42. The standard InChI is InChI=1S/C19H23NO4S/c1-12-9-13(2)19(14(3)10-12)25(21,22)20-15(4)16-5-6-17-18(11-16)24-8-7-23-17/h5-6,9-11,15,20H,7-8H2,1-4H3/t15-/m0/s1. The van der Waals surface area contributed by atoms with Crippen molar-refractivity contribution in [3.63, 3.8) is 0 Å². The average molecular weight is 361 g/mol. The minimum Gasteiger partial charge on any atom is -0.486 e. The third kappa shape index (κ3) is 3.65. The first-order valence-electron chi connectivity index (χ1n) is 8.27. The van der Waals surface area contributed by atoms with Gasteiger partial charge in [0.05, 0.1) is 4.90 Å². The second kappa shape index (κ2) is 6.69. The molecular formula is C19H23NO4S. The Kier molecular flexibility index (Phi) is 4.75. The van der Waals surface area contributed by atoms with Gasteiger partial charge in [-0.2, -0.15) is 0 Å². The molecule has 1 N–H and O–H groups in total. The molecule has 0 saturated heterocycles. The van der Waals surface area contributed by atoms with Gasteiger partial charge in [0.25, 0.3) is 0 Å². The highest BCUT2D eigenvalue weighted by molar-refractivity contribution is 7.89. The molecule has 0 fully saturated rings. The molecule has 0 unspecified atom stereocenters. The molecule has 3 rings (SSSR count). The van der Waals surface area contributed by atoms with Crippen LogP contribution in [0.4, 0.5) is 0 Å². The Balaban J connectivity index is 1.88. The molecule has 1 atom stereocenters. The van der Waals surface area contributed by atoms with Crippen molar-refractivity contribution >= 4 is 10.0 Å². The van der Waals surface area contributed by atoms with E-state index in [1.165, 1.54) is 0 Å². The molecule has 0 bridgehead atoms. The largest absolute Gasteiger partial charge is 0.486 e. The molecule has 0 radical (unpaired) electrons. The molecule has 0 saturated carbocycles. The van der Waals surface area contributed by atoms with Crippen molar-refractivity contribution in [3.05, 3.63) is 52.6 Å². The summed E-state index contributed by atoms with van der Waals surface area (Å²) in [6.45, 7) is 8.45. The number of nitrogens with one attached hydrogen (secondary N) is 1. The van der Waals surface area contributed by atoms with Gasteiger partial charge in [0.1, 0.15) is 13.2 Å². The van der Waals surface area contributed by atoms with Gasteiger partial charge in [-0.25, -0.2) is 13.1 Å². The maximum absolute atomic E-state index is 12.9. The van der Waals surface area contributed by atoms with Gasteiger partial charge in [-0.05, 0) is 56.5 Å². The van der Waals surface area contributed by atoms with E-state index in [9.17, 15) is 8.42 Å². The molecule has 25 heavy (non-hydrogen) atoms. The first kappa shape index (κ1) is 17.8. The summed E-state index contributed by atoms with van der Waals surface area (Å²) in [6.07, 6.45) is 0. The highest BCUT2D eigenvalue weighted by Crippen LogP contribution is 2.33. The Bertz CT molecular complexity index is 883. The van der Waals surface area contributed by atoms with Crippen LogP contribution in [0.1, 0.15) is 35.2 Å². The second-order valence-corrected chi connectivity index (χ2v) is 8.12. The fraction of sp³-hybridized carbons (Fsp3) is 0.368. The molecule has 0 spiro atoms. The zero-order valence-electron chi connectivity index (χ0n) is 14.9. The lowest BCUT2D eigenvalue weighted by atomic mass is 10.1. The Hall–Kier alpha value is -2.05. The fourth-order valence-corrected chi connectivity index (χ4v) is 4.96. The van der Waals surface area contributed by atoms with E-state index in [4.69, 9.17) is 9.47 Å². The first-order valence-corrected chi connectivity index (χ1v) is 9.76. The smallest absolute Gasteiger partial charge is 0.241 e. The molecule has 6 heteroatoms. The van der Waals surface area contributed by atoms with E-state index in [0.717, 1.165) is 22.3 Å². The van der Waals surface area contributed by atoms with Crippen molar-refractivity contribution in [1.82, 2.24) is 4.72 Å². The van der Waals surface area contributed by atoms with Crippen LogP contribution in [-0.2, 0) is 10.0 Å². The molecule has 1 aliphatic heterocycles. The number of benzene rings is 2. The minimum absolute atomic E-state index is 0.350. The maximum Gasteiger partial charge on any atom is 0.241 e. The van der Waals surface area contributed by atoms with Crippen molar-refractivity contribution in [2.75, 3.05) is 13.2 Å². The lowest BCUT2D eigenvalue weighted by Gasteiger charge is -2.21. The van der Waals surface area contributed by atoms with E-state index < -0.39 is 10.0 Å². The summed E-state index contributed by atoms with van der Waals surface area (Å²) in [4.78, 5) is 0.350. The van der Waals surface area contributed by atoms with Gasteiger partial charge in [0, 0.05) is 6.04 Å². The van der Waals surface area contributed by atoms with Gasteiger partial charge in [-0.15, -0.1) is 0 Å². The van der Waals surface area contributed by atoms with E-state index in [-0.39, 0.29) is 6.04 Å². The van der Waals surface area contributed by atoms with Crippen LogP contribution in [0.25, 0.3) is 0 Å². The van der Waals surface area contributed by atoms with Gasteiger partial charge in [0.15, 0.2) is 11.5 Å². The molecule has 5 nitrogen and oxygen atoms in total. The van der Waals surface area contributed by atoms with Gasteiger partial charge in [0.2, 0.25) is 10.0 Å². The van der Waals surface area contributed by atoms with Crippen LogP contribution >= 0.6 is 0 Å². The third-order valence-corrected chi connectivity index (χ3v) is 6.12. The van der Waals surface area contributed by atoms with Crippen LogP contribution < -0.4 is 14.2 Å². The second-order valence-electron chi connectivity index (χ2n) is 6.47. The molecule has 0 amide bonds. The molecule has 0 aliphatic carbocycles. The number of aryl methyl sites for hydroxylation is 3. The van der Waals surface area contributed by atoms with Crippen LogP contribution in [0.2, 0.25) is 0 Å². The van der Waals surface area contributed by atoms with Crippen molar-refractivity contribution in [3.8, 4) is 11.5 Å². The van der Waals surface area contributed by atoms with Crippen LogP contribution in [0.15, 0.2) is 35.2 Å². The topological polar surface area (TPSA) is 64.6 Å². The summed E-state index contributed by atoms with van der Waals surface area (Å²) >= 11 is 0. The predicted molar refractivity (Wildman–Crippen MR) is 96.8 cm³/mol. The zero-order chi connectivity index (χ0) is 18.2. The van der Waals surface area contributed by atoms with E-state index in [1.807, 2.05) is 58.0 Å². The zero-order valence-corrected chi connectivity index (χ0v) is 15.7. The Morgan fingerprint density at radius 1 is 0.960 bits per heavy atom. The highest BCUT2D eigenvalue weighted by atomic mass is 32.2. The van der Waals surface area contributed by atoms with Crippen LogP contribution in [0.3, 0.4) is 0 Å². The number of ether oxygens (including phenoxy) is 2. The number of fused-ring (bicyclic) bond motifs is 1. The third-order valence-electron chi connectivity index (χ3n) is 4.27. The van der Waals surface area contributed by atoms with Crippen molar-refractivity contribution in [2.24, 2.45) is 0 Å². The summed E-state index contributed by atoms with van der Waals surface area (Å²) in [5.74, 6) is 1.34. The van der Waals surface area contributed by atoms with E-state index in [1.54, 1.807) is 0 Å². The van der Waals surface area contributed by atoms with Crippen molar-refractivity contribution < 1.29 is 17.9 Å². The van der Waals surface area contributed by atoms with E-state index in [0.29, 0.717) is 29.6 Å². The van der Waals surface area contributed by atoms with Gasteiger partial charge >= 0.3 is 0 Å². The number of rotatable bonds is 4. The molecule has 2 aromatic rings. The van der Waals surface area contributed by atoms with E-state index >= 15 is 0 Å². The van der Waals surface area contributed by atoms with Crippen molar-refractivity contribution in [1.29, 1.82) is 0 Å². The molecule has 0 aromatic heterocycles. The summed E-state index contributed by atoms with van der Waals surface area (Å²) in [6, 6.07) is 8.89. The molecule has 134 valence electrons. The Morgan fingerprint density at radius 2 is 1.56 bits per heavy atom. The van der Waals surface area contributed by atoms with Crippen molar-refractivity contribution in [2.45, 2.75) is 38.6 Å². The lowest BCUT2D eigenvalue weighted by Crippen LogP contribution is -2.28. The van der Waals surface area contributed by atoms with Crippen LogP contribution in [0, 0.1) is 20.8 Å². The van der Waals surface area contributed by atoms with Gasteiger partial charge in [-0.3, -0.25) is 0 Å². The number of sulfonamides is 1. The van der Waals surface area contributed by atoms with Crippen LogP contribution in [0.5, 0.6) is 11.5 Å². The van der Waals surface area contributed by atoms with Crippen LogP contribution in [-0.4, -0.2) is 21.6 Å². The average Bonchev–Trinajstić information content (AvgIpc) is 2.52. The number of hydrogen-bond donors (Lipinski definition) is 1. The molecule has 1 aliphatic rings. The van der Waals surface area contributed by atoms with Gasteiger partial charge in [-0.1, -0.05) is 23.8 Å². The quantitative estimate of drug-likeness (QED) is 0.906. The molecule has 1 heterocycles. The number of hydrogen-bond acceptors (Lipinski definition) is 4. The lowest BCUT2D eigenvalue weighted by molar-refractivity contribution is 0.171. The summed E-state index contributed by atoms with van der Waals surface area (Å²) in [5, 5.41) is 0. The Labute approximate surface area is 149 Å². The Morgan fingerprint density at radius 3 is 2.20 bits per heavy atom. The molecule has 2 aromatic carbocycles. The summed E-state index contributed by atoms with van der Waals surface area (Å²) in [5.41, 5.74) is 3.38. The molecular weight excluding hydrogens is 338 g/mol. The van der Waals surface area contributed by atoms with E-state index in [2.05, 4.69) is 4.72 Å². The fourth-order valence-electron chi connectivity index (χ4n) is 3.28. The first-order chi connectivity index (χ1) is 11.8. The van der Waals surface area contributed by atoms with Gasteiger partial charge < -0.3 is 9.47 Å². The summed E-state index contributed by atoms with van der Waals surface area (Å²) in [7, 11) is -3.63. The highest BCUT2D eigenvalue weighted by Gasteiger charge is 2.23. The maximum atomic E-state index is 12.9. The SMILES string of the molecule is Cc1cc(C)c(S(=O)(=O)N[C@@H](C)c2ccc3c(c2)OCCO3)c(C)c1. The monoisotopic (exact) mass is 361 g/mol. The normalized spacial score (nSPS) is 15.0. The minimum atomic E-state index is -3.63. The summed E-state index contributed by atoms with van der Waals surface area (Å²) < 4.78 is 39.6.